The molecule has 0 aromatic carbocycles. The Kier molecular flexibility index (Phi) is 3.05. The summed E-state index contributed by atoms with van der Waals surface area (Å²) in [5.74, 6) is 0. The number of rotatable bonds is 3. The van der Waals surface area contributed by atoms with E-state index < -0.39 is 0 Å². The van der Waals surface area contributed by atoms with Crippen molar-refractivity contribution in [2.75, 3.05) is 7.05 Å². The summed E-state index contributed by atoms with van der Waals surface area (Å²) in [6.45, 7) is 3.04. The van der Waals surface area contributed by atoms with Gasteiger partial charge in [-0.25, -0.2) is 0 Å². The maximum Gasteiger partial charge on any atom is 0.0445 e. The van der Waals surface area contributed by atoms with Crippen molar-refractivity contribution in [3.63, 3.8) is 0 Å². The Labute approximate surface area is 67.7 Å². The van der Waals surface area contributed by atoms with E-state index in [0.29, 0.717) is 0 Å². The molecule has 0 saturated carbocycles. The maximum absolute atomic E-state index is 4.28. The number of pyridine rings is 1. The van der Waals surface area contributed by atoms with Gasteiger partial charge < -0.3 is 5.32 Å². The van der Waals surface area contributed by atoms with E-state index in [0.717, 1.165) is 13.0 Å². The van der Waals surface area contributed by atoms with Gasteiger partial charge in [0.05, 0.1) is 0 Å². The Bertz CT molecular complexity index is 221. The van der Waals surface area contributed by atoms with Crippen LogP contribution in [-0.2, 0) is 13.0 Å². The summed E-state index contributed by atoms with van der Waals surface area (Å²) >= 11 is 0. The SMILES string of the molecule is CCc1ncccc1CNC. The number of nitrogens with one attached hydrogen (secondary N) is 1. The third-order valence-corrected chi connectivity index (χ3v) is 1.69. The number of hydrogen-bond donors (Lipinski definition) is 1. The number of aryl methyl sites for hydroxylation is 1. The van der Waals surface area contributed by atoms with Gasteiger partial charge in [-0.15, -0.1) is 0 Å². The first kappa shape index (κ1) is 8.21. The summed E-state index contributed by atoms with van der Waals surface area (Å²) in [4.78, 5) is 4.28. The van der Waals surface area contributed by atoms with Gasteiger partial charge in [0, 0.05) is 18.4 Å². The Morgan fingerprint density at radius 3 is 3.00 bits per heavy atom. The van der Waals surface area contributed by atoms with Crippen LogP contribution in [0.4, 0.5) is 0 Å². The van der Waals surface area contributed by atoms with Crippen molar-refractivity contribution < 1.29 is 0 Å². The molecule has 2 nitrogen and oxygen atoms in total. The molecule has 1 N–H and O–H groups in total. The largest absolute Gasteiger partial charge is 0.316 e. The highest BCUT2D eigenvalue weighted by atomic mass is 14.8. The van der Waals surface area contributed by atoms with E-state index in [1.165, 1.54) is 11.3 Å². The zero-order valence-electron chi connectivity index (χ0n) is 7.09. The molecule has 0 amide bonds. The average molecular weight is 150 g/mol. The second-order valence-corrected chi connectivity index (χ2v) is 2.49. The van der Waals surface area contributed by atoms with Crippen molar-refractivity contribution in [1.82, 2.24) is 10.3 Å². The van der Waals surface area contributed by atoms with E-state index in [9.17, 15) is 0 Å². The van der Waals surface area contributed by atoms with Crippen LogP contribution in [0.5, 0.6) is 0 Å². The van der Waals surface area contributed by atoms with Crippen molar-refractivity contribution in [3.8, 4) is 0 Å². The molecule has 1 aromatic heterocycles. The summed E-state index contributed by atoms with van der Waals surface area (Å²) in [6, 6.07) is 4.09. The molecule has 0 aliphatic carbocycles. The van der Waals surface area contributed by atoms with Crippen LogP contribution in [0.3, 0.4) is 0 Å². The molecule has 0 aliphatic rings. The maximum atomic E-state index is 4.28. The predicted octanol–water partition coefficient (Wildman–Crippen LogP) is 1.36. The second kappa shape index (κ2) is 4.09. The highest BCUT2D eigenvalue weighted by Crippen LogP contribution is 2.04. The van der Waals surface area contributed by atoms with Crippen molar-refractivity contribution in [1.29, 1.82) is 0 Å². The Hall–Kier alpha value is -0.890. The number of aromatic nitrogens is 1. The van der Waals surface area contributed by atoms with Crippen LogP contribution < -0.4 is 5.32 Å². The molecule has 2 heteroatoms. The van der Waals surface area contributed by atoms with Gasteiger partial charge in [0.1, 0.15) is 0 Å². The molecule has 0 saturated heterocycles. The molecule has 0 radical (unpaired) electrons. The molecule has 0 bridgehead atoms. The van der Waals surface area contributed by atoms with Crippen LogP contribution in [0.25, 0.3) is 0 Å². The lowest BCUT2D eigenvalue weighted by molar-refractivity contribution is 0.794. The molecule has 11 heavy (non-hydrogen) atoms. The summed E-state index contributed by atoms with van der Waals surface area (Å²) in [5.41, 5.74) is 2.50. The third-order valence-electron chi connectivity index (χ3n) is 1.69. The molecule has 60 valence electrons. The van der Waals surface area contributed by atoms with E-state index >= 15 is 0 Å². The molecule has 0 spiro atoms. The van der Waals surface area contributed by atoms with Gasteiger partial charge in [-0.2, -0.15) is 0 Å². The van der Waals surface area contributed by atoms with Crippen molar-refractivity contribution in [2.45, 2.75) is 19.9 Å². The molecule has 1 rings (SSSR count). The van der Waals surface area contributed by atoms with E-state index in [-0.39, 0.29) is 0 Å². The first-order valence-corrected chi connectivity index (χ1v) is 3.95. The lowest BCUT2D eigenvalue weighted by Gasteiger charge is -2.04. The smallest absolute Gasteiger partial charge is 0.0445 e. The minimum Gasteiger partial charge on any atom is -0.316 e. The fraction of sp³-hybridized carbons (Fsp3) is 0.444. The summed E-state index contributed by atoms with van der Waals surface area (Å²) in [7, 11) is 1.95. The molecule has 0 aliphatic heterocycles. The monoisotopic (exact) mass is 150 g/mol. The fourth-order valence-electron chi connectivity index (χ4n) is 1.14. The zero-order chi connectivity index (χ0) is 8.10. The topological polar surface area (TPSA) is 24.9 Å². The second-order valence-electron chi connectivity index (χ2n) is 2.49. The summed E-state index contributed by atoms with van der Waals surface area (Å²) < 4.78 is 0. The van der Waals surface area contributed by atoms with E-state index in [4.69, 9.17) is 0 Å². The van der Waals surface area contributed by atoms with Crippen LogP contribution in [0.15, 0.2) is 18.3 Å². The molecular weight excluding hydrogens is 136 g/mol. The Balaban J connectivity index is 2.83. The van der Waals surface area contributed by atoms with Crippen LogP contribution in [0.1, 0.15) is 18.2 Å². The highest BCUT2D eigenvalue weighted by molar-refractivity contribution is 5.19. The molecule has 0 fully saturated rings. The van der Waals surface area contributed by atoms with Crippen molar-refractivity contribution >= 4 is 0 Å². The Morgan fingerprint density at radius 1 is 1.55 bits per heavy atom. The third kappa shape index (κ3) is 2.02. The molecular formula is C9H14N2. The first-order chi connectivity index (χ1) is 5.38. The normalized spacial score (nSPS) is 10.0. The van der Waals surface area contributed by atoms with Gasteiger partial charge in [0.15, 0.2) is 0 Å². The summed E-state index contributed by atoms with van der Waals surface area (Å²) in [6.07, 6.45) is 2.86. The van der Waals surface area contributed by atoms with Crippen LogP contribution in [-0.4, -0.2) is 12.0 Å². The zero-order valence-corrected chi connectivity index (χ0v) is 7.09. The standard InChI is InChI=1S/C9H14N2/c1-3-9-8(7-10-2)5-4-6-11-9/h4-6,10H,3,7H2,1-2H3. The number of nitrogens with zero attached hydrogens (tertiary/aromatic N) is 1. The van der Waals surface area contributed by atoms with Gasteiger partial charge in [0.2, 0.25) is 0 Å². The molecule has 1 aromatic rings. The summed E-state index contributed by atoms with van der Waals surface area (Å²) in [5, 5.41) is 3.12. The molecule has 0 unspecified atom stereocenters. The van der Waals surface area contributed by atoms with Gasteiger partial charge in [-0.3, -0.25) is 4.98 Å². The van der Waals surface area contributed by atoms with Gasteiger partial charge >= 0.3 is 0 Å². The van der Waals surface area contributed by atoms with Crippen LogP contribution in [0.2, 0.25) is 0 Å². The quantitative estimate of drug-likeness (QED) is 0.703. The Morgan fingerprint density at radius 2 is 2.36 bits per heavy atom. The average Bonchev–Trinajstić information content (AvgIpc) is 2.06. The van der Waals surface area contributed by atoms with Crippen LogP contribution in [0, 0.1) is 0 Å². The molecule has 0 atom stereocenters. The minimum atomic E-state index is 0.914. The minimum absolute atomic E-state index is 0.914. The van der Waals surface area contributed by atoms with Gasteiger partial charge in [-0.05, 0) is 25.1 Å². The number of hydrogen-bond acceptors (Lipinski definition) is 2. The van der Waals surface area contributed by atoms with Gasteiger partial charge in [0.25, 0.3) is 0 Å². The van der Waals surface area contributed by atoms with Crippen LogP contribution >= 0.6 is 0 Å². The van der Waals surface area contributed by atoms with E-state index in [1.54, 1.807) is 0 Å². The lowest BCUT2D eigenvalue weighted by atomic mass is 10.1. The van der Waals surface area contributed by atoms with Crippen molar-refractivity contribution in [2.24, 2.45) is 0 Å². The van der Waals surface area contributed by atoms with Gasteiger partial charge in [-0.1, -0.05) is 13.0 Å². The van der Waals surface area contributed by atoms with Crippen molar-refractivity contribution in [3.05, 3.63) is 29.6 Å². The fourth-order valence-corrected chi connectivity index (χ4v) is 1.14. The lowest BCUT2D eigenvalue weighted by Crippen LogP contribution is -2.08. The first-order valence-electron chi connectivity index (χ1n) is 3.95. The molecule has 1 heterocycles. The highest BCUT2D eigenvalue weighted by Gasteiger charge is 1.97. The van der Waals surface area contributed by atoms with E-state index in [1.807, 2.05) is 19.3 Å². The van der Waals surface area contributed by atoms with E-state index in [2.05, 4.69) is 23.3 Å². The predicted molar refractivity (Wildman–Crippen MR) is 46.4 cm³/mol.